The molecule has 0 fully saturated rings. The van der Waals surface area contributed by atoms with Crippen LogP contribution < -0.4 is 4.90 Å². The zero-order chi connectivity index (χ0) is 19.8. The standard InChI is InChI=1S/C21H12Cl2N2O3/c22-13-9-12(19(26)16(23)10-13)11-24-17-7-3-4-8-18(17)25-20(27)14-5-1-2-6-15(14)21(25)28/h1-11,26H. The molecule has 3 aromatic rings. The van der Waals surface area contributed by atoms with E-state index in [-0.39, 0.29) is 10.8 Å². The van der Waals surface area contributed by atoms with E-state index in [0.29, 0.717) is 33.1 Å². The van der Waals surface area contributed by atoms with Crippen LogP contribution in [0.1, 0.15) is 26.3 Å². The number of benzene rings is 3. The average Bonchev–Trinajstić information content (AvgIpc) is 2.94. The van der Waals surface area contributed by atoms with E-state index in [1.54, 1.807) is 48.5 Å². The molecule has 0 radical (unpaired) electrons. The number of hydrogen-bond donors (Lipinski definition) is 1. The minimum absolute atomic E-state index is 0.0996. The Labute approximate surface area is 170 Å². The van der Waals surface area contributed by atoms with Crippen LogP contribution in [0.3, 0.4) is 0 Å². The molecule has 3 aromatic carbocycles. The zero-order valence-electron chi connectivity index (χ0n) is 14.3. The molecule has 0 atom stereocenters. The number of rotatable bonds is 3. The molecule has 0 aromatic heterocycles. The molecular formula is C21H12Cl2N2O3. The number of phenols is 1. The maximum Gasteiger partial charge on any atom is 0.266 e. The van der Waals surface area contributed by atoms with Gasteiger partial charge in [0.2, 0.25) is 0 Å². The van der Waals surface area contributed by atoms with E-state index < -0.39 is 11.8 Å². The largest absolute Gasteiger partial charge is 0.506 e. The summed E-state index contributed by atoms with van der Waals surface area (Å²) in [5.74, 6) is -0.971. The maximum atomic E-state index is 12.8. The fourth-order valence-electron chi connectivity index (χ4n) is 2.99. The second kappa shape index (κ2) is 7.11. The highest BCUT2D eigenvalue weighted by Crippen LogP contribution is 2.35. The maximum absolute atomic E-state index is 12.8. The zero-order valence-corrected chi connectivity index (χ0v) is 15.8. The second-order valence-corrected chi connectivity index (χ2v) is 6.91. The number of aliphatic imine (C=N–C) groups is 1. The summed E-state index contributed by atoms with van der Waals surface area (Å²) in [6, 6.07) is 16.3. The van der Waals surface area contributed by atoms with Crippen LogP contribution in [-0.2, 0) is 0 Å². The monoisotopic (exact) mass is 410 g/mol. The van der Waals surface area contributed by atoms with Gasteiger partial charge in [-0.15, -0.1) is 0 Å². The highest BCUT2D eigenvalue weighted by molar-refractivity contribution is 6.36. The summed E-state index contributed by atoms with van der Waals surface area (Å²) in [5, 5.41) is 10.5. The fraction of sp³-hybridized carbons (Fsp3) is 0. The molecule has 7 heteroatoms. The van der Waals surface area contributed by atoms with E-state index in [4.69, 9.17) is 23.2 Å². The first-order valence-corrected chi connectivity index (χ1v) is 9.02. The highest BCUT2D eigenvalue weighted by atomic mass is 35.5. The molecule has 0 saturated heterocycles. The predicted octanol–water partition coefficient (Wildman–Crippen LogP) is 5.25. The summed E-state index contributed by atoms with van der Waals surface area (Å²) in [6.07, 6.45) is 1.38. The number of carbonyl (C=O) groups excluding carboxylic acids is 2. The van der Waals surface area contributed by atoms with Gasteiger partial charge in [0.1, 0.15) is 5.75 Å². The Balaban J connectivity index is 1.76. The minimum Gasteiger partial charge on any atom is -0.506 e. The van der Waals surface area contributed by atoms with Crippen molar-refractivity contribution < 1.29 is 14.7 Å². The van der Waals surface area contributed by atoms with Crippen molar-refractivity contribution >= 4 is 52.6 Å². The molecule has 0 bridgehead atoms. The first-order valence-electron chi connectivity index (χ1n) is 8.26. The van der Waals surface area contributed by atoms with Crippen LogP contribution in [0, 0.1) is 0 Å². The van der Waals surface area contributed by atoms with Crippen LogP contribution in [0.25, 0.3) is 0 Å². The van der Waals surface area contributed by atoms with Crippen molar-refractivity contribution in [2.75, 3.05) is 4.90 Å². The van der Waals surface area contributed by atoms with E-state index in [9.17, 15) is 14.7 Å². The number of para-hydroxylation sites is 2. The molecule has 1 N–H and O–H groups in total. The topological polar surface area (TPSA) is 70.0 Å². The van der Waals surface area contributed by atoms with Gasteiger partial charge < -0.3 is 5.11 Å². The van der Waals surface area contributed by atoms with E-state index >= 15 is 0 Å². The van der Waals surface area contributed by atoms with Crippen LogP contribution in [0.4, 0.5) is 11.4 Å². The lowest BCUT2D eigenvalue weighted by Crippen LogP contribution is -2.29. The van der Waals surface area contributed by atoms with E-state index in [1.165, 1.54) is 18.3 Å². The number of nitrogens with zero attached hydrogens (tertiary/aromatic N) is 2. The third-order valence-electron chi connectivity index (χ3n) is 4.32. The van der Waals surface area contributed by atoms with E-state index in [0.717, 1.165) is 4.90 Å². The molecule has 138 valence electrons. The average molecular weight is 411 g/mol. The Morgan fingerprint density at radius 3 is 2.18 bits per heavy atom. The summed E-state index contributed by atoms with van der Waals surface area (Å²) < 4.78 is 0. The van der Waals surface area contributed by atoms with Crippen molar-refractivity contribution in [1.29, 1.82) is 0 Å². The molecule has 1 heterocycles. The lowest BCUT2D eigenvalue weighted by molar-refractivity contribution is 0.0926. The van der Waals surface area contributed by atoms with Gasteiger partial charge in [0.25, 0.3) is 11.8 Å². The number of aromatic hydroxyl groups is 1. The first-order chi connectivity index (χ1) is 13.5. The fourth-order valence-corrected chi connectivity index (χ4v) is 3.50. The SMILES string of the molecule is O=C1c2ccccc2C(=O)N1c1ccccc1N=Cc1cc(Cl)cc(Cl)c1O. The van der Waals surface area contributed by atoms with Crippen molar-refractivity contribution in [3.63, 3.8) is 0 Å². The van der Waals surface area contributed by atoms with Crippen LogP contribution in [0.15, 0.2) is 65.7 Å². The molecule has 2 amide bonds. The van der Waals surface area contributed by atoms with Crippen LogP contribution >= 0.6 is 23.2 Å². The Morgan fingerprint density at radius 2 is 1.50 bits per heavy atom. The Bertz CT molecular complexity index is 1120. The van der Waals surface area contributed by atoms with Gasteiger partial charge in [0.05, 0.1) is 27.5 Å². The molecule has 4 rings (SSSR count). The summed E-state index contributed by atoms with van der Waals surface area (Å²) in [7, 11) is 0. The third kappa shape index (κ3) is 3.05. The van der Waals surface area contributed by atoms with Crippen LogP contribution in [-0.4, -0.2) is 23.1 Å². The molecule has 1 aliphatic heterocycles. The molecule has 28 heavy (non-hydrogen) atoms. The third-order valence-corrected chi connectivity index (χ3v) is 4.82. The molecule has 0 aliphatic carbocycles. The summed E-state index contributed by atoms with van der Waals surface area (Å²) >= 11 is 11.9. The van der Waals surface area contributed by atoms with Crippen molar-refractivity contribution in [3.8, 4) is 5.75 Å². The molecule has 0 spiro atoms. The number of imide groups is 1. The lowest BCUT2D eigenvalue weighted by atomic mass is 10.1. The molecule has 0 unspecified atom stereocenters. The van der Waals surface area contributed by atoms with E-state index in [1.807, 2.05) is 0 Å². The number of hydrogen-bond acceptors (Lipinski definition) is 4. The van der Waals surface area contributed by atoms with Crippen LogP contribution in [0.2, 0.25) is 10.0 Å². The molecule has 1 aliphatic rings. The minimum atomic E-state index is -0.406. The Morgan fingerprint density at radius 1 is 0.893 bits per heavy atom. The number of fused-ring (bicyclic) bond motifs is 1. The van der Waals surface area contributed by atoms with Gasteiger partial charge in [0, 0.05) is 16.8 Å². The van der Waals surface area contributed by atoms with Gasteiger partial charge in [-0.25, -0.2) is 4.90 Å². The van der Waals surface area contributed by atoms with E-state index in [2.05, 4.69) is 4.99 Å². The van der Waals surface area contributed by atoms with Gasteiger partial charge in [-0.1, -0.05) is 47.5 Å². The Hall–Kier alpha value is -3.15. The lowest BCUT2D eigenvalue weighted by Gasteiger charge is -2.16. The van der Waals surface area contributed by atoms with Gasteiger partial charge in [-0.05, 0) is 36.4 Å². The number of halogens is 2. The van der Waals surface area contributed by atoms with Crippen molar-refractivity contribution in [2.24, 2.45) is 4.99 Å². The number of anilines is 1. The smallest absolute Gasteiger partial charge is 0.266 e. The second-order valence-electron chi connectivity index (χ2n) is 6.06. The van der Waals surface area contributed by atoms with Gasteiger partial charge in [0.15, 0.2) is 0 Å². The molecule has 5 nitrogen and oxygen atoms in total. The highest BCUT2D eigenvalue weighted by Gasteiger charge is 2.37. The summed E-state index contributed by atoms with van der Waals surface area (Å²) in [5.41, 5.74) is 1.75. The number of carbonyl (C=O) groups is 2. The first kappa shape index (κ1) is 18.2. The number of phenolic OH excluding ortho intramolecular Hbond substituents is 1. The Kier molecular flexibility index (Phi) is 4.63. The van der Waals surface area contributed by atoms with Gasteiger partial charge in [-0.3, -0.25) is 14.6 Å². The number of amides is 2. The van der Waals surface area contributed by atoms with Crippen molar-refractivity contribution in [2.45, 2.75) is 0 Å². The van der Waals surface area contributed by atoms with Crippen molar-refractivity contribution in [3.05, 3.63) is 87.4 Å². The quantitative estimate of drug-likeness (QED) is 0.473. The summed E-state index contributed by atoms with van der Waals surface area (Å²) in [4.78, 5) is 31.0. The normalized spacial score (nSPS) is 13.4. The summed E-state index contributed by atoms with van der Waals surface area (Å²) in [6.45, 7) is 0. The van der Waals surface area contributed by atoms with Gasteiger partial charge in [-0.2, -0.15) is 0 Å². The van der Waals surface area contributed by atoms with Crippen LogP contribution in [0.5, 0.6) is 5.75 Å². The molecular weight excluding hydrogens is 399 g/mol. The molecule has 0 saturated carbocycles. The van der Waals surface area contributed by atoms with Crippen molar-refractivity contribution in [1.82, 2.24) is 0 Å². The van der Waals surface area contributed by atoms with Gasteiger partial charge >= 0.3 is 0 Å². The predicted molar refractivity (Wildman–Crippen MR) is 109 cm³/mol.